The van der Waals surface area contributed by atoms with E-state index >= 15 is 0 Å². The highest BCUT2D eigenvalue weighted by molar-refractivity contribution is 6.03. The van der Waals surface area contributed by atoms with E-state index in [-0.39, 0.29) is 18.2 Å². The van der Waals surface area contributed by atoms with Crippen molar-refractivity contribution in [1.29, 1.82) is 0 Å². The number of nitro groups is 1. The number of nitrogens with zero attached hydrogens (tertiary/aromatic N) is 3. The molecular weight excluding hydrogens is 450 g/mol. The molecule has 0 saturated heterocycles. The minimum atomic E-state index is -0.611. The number of carbonyl (C=O) groups excluding carboxylic acids is 2. The van der Waals surface area contributed by atoms with Gasteiger partial charge in [0.05, 0.1) is 30.2 Å². The first-order valence-corrected chi connectivity index (χ1v) is 10.9. The van der Waals surface area contributed by atoms with Gasteiger partial charge in [-0.15, -0.1) is 0 Å². The second-order valence-electron chi connectivity index (χ2n) is 7.91. The monoisotopic (exact) mass is 473 g/mol. The van der Waals surface area contributed by atoms with E-state index in [0.717, 1.165) is 16.8 Å². The zero-order chi connectivity index (χ0) is 24.8. The van der Waals surface area contributed by atoms with Crippen LogP contribution in [-0.2, 0) is 20.7 Å². The van der Waals surface area contributed by atoms with E-state index in [9.17, 15) is 19.7 Å². The van der Waals surface area contributed by atoms with Gasteiger partial charge in [-0.2, -0.15) is 5.10 Å². The summed E-state index contributed by atoms with van der Waals surface area (Å²) in [7, 11) is 1.59. The third kappa shape index (κ3) is 5.70. The van der Waals surface area contributed by atoms with Gasteiger partial charge in [-0.25, -0.2) is 5.01 Å². The molecule has 4 rings (SSSR count). The molecule has 0 radical (unpaired) electrons. The molecule has 35 heavy (non-hydrogen) atoms. The summed E-state index contributed by atoms with van der Waals surface area (Å²) in [4.78, 5) is 35.6. The molecule has 0 fully saturated rings. The fourth-order valence-corrected chi connectivity index (χ4v) is 3.79. The van der Waals surface area contributed by atoms with Crippen molar-refractivity contribution < 1.29 is 24.0 Å². The van der Waals surface area contributed by atoms with Crippen LogP contribution in [-0.4, -0.2) is 41.2 Å². The number of non-ortho nitro benzene ring substituents is 1. The quantitative estimate of drug-likeness (QED) is 0.277. The van der Waals surface area contributed by atoms with Crippen molar-refractivity contribution in [2.45, 2.75) is 18.9 Å². The van der Waals surface area contributed by atoms with E-state index in [1.165, 1.54) is 29.3 Å². The van der Waals surface area contributed by atoms with E-state index in [2.05, 4.69) is 5.10 Å². The molecule has 1 aliphatic rings. The van der Waals surface area contributed by atoms with Gasteiger partial charge in [0.2, 0.25) is 0 Å². The van der Waals surface area contributed by atoms with E-state index in [4.69, 9.17) is 9.47 Å². The number of hydrogen-bond acceptors (Lipinski definition) is 7. The molecule has 0 aromatic heterocycles. The number of benzene rings is 3. The summed E-state index contributed by atoms with van der Waals surface area (Å²) in [6, 6.07) is 22.3. The Bertz CT molecular complexity index is 1240. The zero-order valence-corrected chi connectivity index (χ0v) is 19.0. The lowest BCUT2D eigenvalue weighted by molar-refractivity contribution is -0.384. The fraction of sp³-hybridized carbons (Fsp3) is 0.192. The summed E-state index contributed by atoms with van der Waals surface area (Å²) in [5.41, 5.74) is 3.04. The van der Waals surface area contributed by atoms with Gasteiger partial charge in [0, 0.05) is 18.6 Å². The Kier molecular flexibility index (Phi) is 7.15. The number of ether oxygens (including phenoxy) is 2. The van der Waals surface area contributed by atoms with Crippen molar-refractivity contribution in [1.82, 2.24) is 5.01 Å². The number of carbonyl (C=O) groups is 2. The van der Waals surface area contributed by atoms with Gasteiger partial charge in [-0.1, -0.05) is 54.6 Å². The molecule has 9 heteroatoms. The number of rotatable bonds is 8. The van der Waals surface area contributed by atoms with Crippen LogP contribution >= 0.6 is 0 Å². The number of hydrazone groups is 1. The predicted molar refractivity (Wildman–Crippen MR) is 128 cm³/mol. The molecule has 3 aromatic carbocycles. The Morgan fingerprint density at radius 2 is 1.71 bits per heavy atom. The first kappa shape index (κ1) is 23.6. The minimum Gasteiger partial charge on any atom is -0.497 e. The maximum atomic E-state index is 13.0. The van der Waals surface area contributed by atoms with Crippen LogP contribution in [0.25, 0.3) is 0 Å². The first-order valence-electron chi connectivity index (χ1n) is 10.9. The van der Waals surface area contributed by atoms with Crippen LogP contribution in [0, 0.1) is 10.1 Å². The van der Waals surface area contributed by atoms with Crippen LogP contribution in [0.15, 0.2) is 84.0 Å². The van der Waals surface area contributed by atoms with Gasteiger partial charge < -0.3 is 9.47 Å². The van der Waals surface area contributed by atoms with Gasteiger partial charge in [-0.05, 0) is 28.8 Å². The van der Waals surface area contributed by atoms with Crippen molar-refractivity contribution in [2.24, 2.45) is 5.10 Å². The average molecular weight is 473 g/mol. The summed E-state index contributed by atoms with van der Waals surface area (Å²) in [5.74, 6) is -0.359. The summed E-state index contributed by atoms with van der Waals surface area (Å²) in [6.45, 7) is -0.468. The third-order valence-electron chi connectivity index (χ3n) is 5.63. The molecule has 9 nitrogen and oxygen atoms in total. The summed E-state index contributed by atoms with van der Waals surface area (Å²) in [6.07, 6.45) is 0.407. The molecule has 1 amide bonds. The van der Waals surface area contributed by atoms with Crippen molar-refractivity contribution in [3.63, 3.8) is 0 Å². The number of methoxy groups -OCH3 is 1. The number of nitro benzene ring substituents is 1. The molecule has 1 aliphatic heterocycles. The maximum absolute atomic E-state index is 13.0. The Balaban J connectivity index is 1.45. The molecular formula is C26H23N3O6. The number of hydrogen-bond donors (Lipinski definition) is 0. The Morgan fingerprint density at radius 1 is 1.03 bits per heavy atom. The molecule has 0 aliphatic carbocycles. The normalized spacial score (nSPS) is 14.8. The van der Waals surface area contributed by atoms with E-state index in [1.54, 1.807) is 7.11 Å². The Morgan fingerprint density at radius 3 is 2.34 bits per heavy atom. The van der Waals surface area contributed by atoms with E-state index < -0.39 is 23.4 Å². The lowest BCUT2D eigenvalue weighted by Gasteiger charge is -2.22. The Hall–Kier alpha value is -4.53. The predicted octanol–water partition coefficient (Wildman–Crippen LogP) is 4.07. The van der Waals surface area contributed by atoms with E-state index in [1.807, 2.05) is 54.6 Å². The van der Waals surface area contributed by atoms with Crippen molar-refractivity contribution in [3.8, 4) is 5.75 Å². The van der Waals surface area contributed by atoms with Crippen molar-refractivity contribution in [2.75, 3.05) is 13.7 Å². The van der Waals surface area contributed by atoms with Gasteiger partial charge >= 0.3 is 5.97 Å². The standard InChI is InChI=1S/C26H23N3O6/c1-34-22-13-9-20(10-14-22)24-16-23(19-5-3-2-4-6-19)27-28(24)25(30)17-35-26(31)15-18-7-11-21(12-8-18)29(32)33/h2-14,24H,15-17H2,1H3/t24-/m0/s1. The van der Waals surface area contributed by atoms with Gasteiger partial charge in [0.25, 0.3) is 11.6 Å². The molecule has 0 saturated carbocycles. The second-order valence-corrected chi connectivity index (χ2v) is 7.91. The zero-order valence-electron chi connectivity index (χ0n) is 19.0. The summed E-state index contributed by atoms with van der Waals surface area (Å²) >= 11 is 0. The van der Waals surface area contributed by atoms with E-state index in [0.29, 0.717) is 17.7 Å². The van der Waals surface area contributed by atoms with Crippen LogP contribution in [0.4, 0.5) is 5.69 Å². The second kappa shape index (κ2) is 10.6. The molecule has 0 unspecified atom stereocenters. The molecule has 0 spiro atoms. The molecule has 0 N–H and O–H groups in total. The smallest absolute Gasteiger partial charge is 0.310 e. The number of esters is 1. The number of amides is 1. The molecule has 0 bridgehead atoms. The summed E-state index contributed by atoms with van der Waals surface area (Å²) < 4.78 is 10.4. The van der Waals surface area contributed by atoms with Crippen LogP contribution in [0.2, 0.25) is 0 Å². The summed E-state index contributed by atoms with van der Waals surface area (Å²) in [5, 5.41) is 16.7. The fourth-order valence-electron chi connectivity index (χ4n) is 3.79. The highest BCUT2D eigenvalue weighted by Gasteiger charge is 2.33. The van der Waals surface area contributed by atoms with Crippen LogP contribution in [0.5, 0.6) is 5.75 Å². The molecule has 1 atom stereocenters. The van der Waals surface area contributed by atoms with Crippen LogP contribution < -0.4 is 4.74 Å². The van der Waals surface area contributed by atoms with Gasteiger partial charge in [0.1, 0.15) is 5.75 Å². The first-order chi connectivity index (χ1) is 16.9. The minimum absolute atomic E-state index is 0.0667. The van der Waals surface area contributed by atoms with Crippen molar-refractivity contribution >= 4 is 23.3 Å². The largest absolute Gasteiger partial charge is 0.497 e. The average Bonchev–Trinajstić information content (AvgIpc) is 3.34. The third-order valence-corrected chi connectivity index (χ3v) is 5.63. The van der Waals surface area contributed by atoms with Gasteiger partial charge in [-0.3, -0.25) is 19.7 Å². The van der Waals surface area contributed by atoms with Crippen molar-refractivity contribution in [3.05, 3.63) is 106 Å². The highest BCUT2D eigenvalue weighted by atomic mass is 16.6. The molecule has 3 aromatic rings. The molecule has 178 valence electrons. The topological polar surface area (TPSA) is 111 Å². The highest BCUT2D eigenvalue weighted by Crippen LogP contribution is 2.33. The van der Waals surface area contributed by atoms with Crippen LogP contribution in [0.1, 0.15) is 29.2 Å². The SMILES string of the molecule is COc1ccc([C@@H]2CC(c3ccccc3)=NN2C(=O)COC(=O)Cc2ccc([N+](=O)[O-])cc2)cc1. The molecule has 1 heterocycles. The lowest BCUT2D eigenvalue weighted by atomic mass is 9.98. The Labute approximate surface area is 201 Å². The van der Waals surface area contributed by atoms with Gasteiger partial charge in [0.15, 0.2) is 6.61 Å². The lowest BCUT2D eigenvalue weighted by Crippen LogP contribution is -2.31. The van der Waals surface area contributed by atoms with Crippen LogP contribution in [0.3, 0.4) is 0 Å². The maximum Gasteiger partial charge on any atom is 0.310 e.